The van der Waals surface area contributed by atoms with E-state index in [0.29, 0.717) is 22.8 Å². The van der Waals surface area contributed by atoms with Crippen LogP contribution in [0.15, 0.2) is 68.4 Å². The minimum atomic E-state index is -4.30. The number of hydrogen-bond acceptors (Lipinski definition) is 6. The predicted octanol–water partition coefficient (Wildman–Crippen LogP) is 0.149. The van der Waals surface area contributed by atoms with Gasteiger partial charge in [-0.3, -0.25) is 14.4 Å². The van der Waals surface area contributed by atoms with Crippen LogP contribution in [0.1, 0.15) is 5.69 Å². The van der Waals surface area contributed by atoms with Crippen molar-refractivity contribution in [2.75, 3.05) is 7.11 Å². The standard InChI is InChI=1S/C17H16N4O5S.Na/c1-11-16(19-18-12-3-7-14(26-2)8-4-12)17(22)21(20-11)13-5-9-15(10-6-13)27(23,24)25;/h3-10,20H,1-2H3,(H,23,24,25);/q;+1. The van der Waals surface area contributed by atoms with Gasteiger partial charge in [-0.15, -0.1) is 5.11 Å². The Bertz CT molecular complexity index is 1150. The van der Waals surface area contributed by atoms with Crippen LogP contribution in [-0.2, 0) is 10.1 Å². The number of ether oxygens (including phenoxy) is 1. The first-order chi connectivity index (χ1) is 12.8. The summed E-state index contributed by atoms with van der Waals surface area (Å²) in [5, 5.41) is 10.9. The first-order valence-corrected chi connectivity index (χ1v) is 9.19. The van der Waals surface area contributed by atoms with Gasteiger partial charge in [0.2, 0.25) is 0 Å². The first-order valence-electron chi connectivity index (χ1n) is 7.75. The summed E-state index contributed by atoms with van der Waals surface area (Å²) in [5.74, 6) is 0.683. The molecule has 0 amide bonds. The van der Waals surface area contributed by atoms with Gasteiger partial charge in [0, 0.05) is 0 Å². The normalized spacial score (nSPS) is 11.4. The van der Waals surface area contributed by atoms with Gasteiger partial charge >= 0.3 is 29.6 Å². The fourth-order valence-corrected chi connectivity index (χ4v) is 2.84. The number of nitrogens with zero attached hydrogens (tertiary/aromatic N) is 3. The van der Waals surface area contributed by atoms with E-state index < -0.39 is 15.7 Å². The third-order valence-electron chi connectivity index (χ3n) is 3.77. The second-order valence-electron chi connectivity index (χ2n) is 5.59. The molecule has 140 valence electrons. The number of H-pyrrole nitrogens is 1. The zero-order valence-electron chi connectivity index (χ0n) is 15.4. The number of hydrogen-bond donors (Lipinski definition) is 2. The van der Waals surface area contributed by atoms with Crippen molar-refractivity contribution in [2.45, 2.75) is 11.8 Å². The molecule has 0 saturated heterocycles. The minimum Gasteiger partial charge on any atom is -0.497 e. The molecule has 0 saturated carbocycles. The average Bonchev–Trinajstić information content (AvgIpc) is 2.94. The molecule has 0 aliphatic heterocycles. The molecule has 28 heavy (non-hydrogen) atoms. The van der Waals surface area contributed by atoms with E-state index in [0.717, 1.165) is 0 Å². The van der Waals surface area contributed by atoms with Crippen molar-refractivity contribution in [1.82, 2.24) is 9.78 Å². The van der Waals surface area contributed by atoms with Crippen LogP contribution in [0.5, 0.6) is 5.75 Å². The van der Waals surface area contributed by atoms with Crippen LogP contribution in [0.25, 0.3) is 5.69 Å². The largest absolute Gasteiger partial charge is 1.00 e. The maximum absolute atomic E-state index is 12.6. The molecule has 1 heterocycles. The first kappa shape index (κ1) is 22.1. The Morgan fingerprint density at radius 2 is 1.64 bits per heavy atom. The Morgan fingerprint density at radius 3 is 2.18 bits per heavy atom. The van der Waals surface area contributed by atoms with Crippen molar-refractivity contribution in [3.8, 4) is 11.4 Å². The number of rotatable bonds is 5. The van der Waals surface area contributed by atoms with Gasteiger partial charge in [-0.1, -0.05) is 0 Å². The summed E-state index contributed by atoms with van der Waals surface area (Å²) in [6.45, 7) is 1.67. The van der Waals surface area contributed by atoms with Crippen molar-refractivity contribution in [3.63, 3.8) is 0 Å². The summed E-state index contributed by atoms with van der Waals surface area (Å²) in [5.41, 5.74) is 1.13. The zero-order valence-corrected chi connectivity index (χ0v) is 18.3. The molecule has 3 aromatic rings. The SMILES string of the molecule is COc1ccc(N=Nc2c(C)[nH]n(-c3ccc(S(=O)(=O)O)cc3)c2=O)cc1.[Na+]. The number of aryl methyl sites for hydroxylation is 1. The summed E-state index contributed by atoms with van der Waals surface area (Å²) >= 11 is 0. The monoisotopic (exact) mass is 411 g/mol. The van der Waals surface area contributed by atoms with Crippen LogP contribution in [0.2, 0.25) is 0 Å². The summed E-state index contributed by atoms with van der Waals surface area (Å²) in [7, 11) is -2.74. The molecule has 0 fully saturated rings. The summed E-state index contributed by atoms with van der Waals surface area (Å²) in [6.07, 6.45) is 0. The molecule has 2 N–H and O–H groups in total. The molecule has 0 spiro atoms. The quantitative estimate of drug-likeness (QED) is 0.351. The maximum Gasteiger partial charge on any atom is 1.00 e. The van der Waals surface area contributed by atoms with Crippen LogP contribution >= 0.6 is 0 Å². The number of azo groups is 1. The Labute approximate surface area is 183 Å². The van der Waals surface area contributed by atoms with E-state index in [1.165, 1.54) is 28.9 Å². The number of aromatic nitrogens is 2. The molecule has 0 unspecified atom stereocenters. The Balaban J connectivity index is 0.00000280. The van der Waals surface area contributed by atoms with Gasteiger partial charge in [0.1, 0.15) is 5.75 Å². The fraction of sp³-hybridized carbons (Fsp3) is 0.118. The minimum absolute atomic E-state index is 0. The summed E-state index contributed by atoms with van der Waals surface area (Å²) < 4.78 is 37.5. The van der Waals surface area contributed by atoms with Crippen LogP contribution in [-0.4, -0.2) is 29.9 Å². The smallest absolute Gasteiger partial charge is 0.497 e. The molecule has 11 heteroatoms. The molecule has 9 nitrogen and oxygen atoms in total. The number of benzene rings is 2. The maximum atomic E-state index is 12.6. The summed E-state index contributed by atoms with van der Waals surface area (Å²) in [6, 6.07) is 12.1. The van der Waals surface area contributed by atoms with Gasteiger partial charge in [-0.05, 0) is 55.5 Å². The van der Waals surface area contributed by atoms with Gasteiger partial charge in [-0.2, -0.15) is 13.5 Å². The second kappa shape index (κ2) is 8.84. The predicted molar refractivity (Wildman–Crippen MR) is 98.1 cm³/mol. The molecular formula is C17H16N4NaO5S+. The Kier molecular flexibility index (Phi) is 6.96. The van der Waals surface area contributed by atoms with Gasteiger partial charge < -0.3 is 4.74 Å². The van der Waals surface area contributed by atoms with Crippen LogP contribution < -0.4 is 39.9 Å². The van der Waals surface area contributed by atoms with Gasteiger partial charge in [0.05, 0.1) is 29.1 Å². The topological polar surface area (TPSA) is 126 Å². The molecule has 2 aromatic carbocycles. The number of aromatic amines is 1. The van der Waals surface area contributed by atoms with Crippen molar-refractivity contribution in [1.29, 1.82) is 0 Å². The molecule has 0 bridgehead atoms. The second-order valence-corrected chi connectivity index (χ2v) is 7.01. The van der Waals surface area contributed by atoms with E-state index in [1.54, 1.807) is 38.3 Å². The van der Waals surface area contributed by atoms with Crippen molar-refractivity contribution in [3.05, 3.63) is 64.6 Å². The Hall–Kier alpha value is -2.24. The van der Waals surface area contributed by atoms with Crippen molar-refractivity contribution in [2.24, 2.45) is 10.2 Å². The summed E-state index contributed by atoms with van der Waals surface area (Å²) in [4.78, 5) is 12.3. The van der Waals surface area contributed by atoms with E-state index in [9.17, 15) is 13.2 Å². The molecule has 1 aromatic heterocycles. The molecular weight excluding hydrogens is 395 g/mol. The van der Waals surface area contributed by atoms with Crippen molar-refractivity contribution >= 4 is 21.5 Å². The molecule has 0 aliphatic carbocycles. The van der Waals surface area contributed by atoms with E-state index in [1.807, 2.05) is 0 Å². The van der Waals surface area contributed by atoms with Gasteiger partial charge in [-0.25, -0.2) is 4.68 Å². The average molecular weight is 411 g/mol. The van der Waals surface area contributed by atoms with Crippen LogP contribution in [0, 0.1) is 6.92 Å². The fourth-order valence-electron chi connectivity index (χ4n) is 2.36. The van der Waals surface area contributed by atoms with E-state index in [-0.39, 0.29) is 40.1 Å². The van der Waals surface area contributed by atoms with Crippen LogP contribution in [0.3, 0.4) is 0 Å². The van der Waals surface area contributed by atoms with E-state index in [4.69, 9.17) is 9.29 Å². The third-order valence-corrected chi connectivity index (χ3v) is 4.64. The number of methoxy groups -OCH3 is 1. The molecule has 0 radical (unpaired) electrons. The molecule has 0 aliphatic rings. The van der Waals surface area contributed by atoms with E-state index >= 15 is 0 Å². The number of nitrogens with one attached hydrogen (secondary N) is 1. The molecule has 0 atom stereocenters. The van der Waals surface area contributed by atoms with Crippen molar-refractivity contribution < 1.29 is 47.3 Å². The third kappa shape index (κ3) is 4.78. The zero-order chi connectivity index (χ0) is 19.6. The Morgan fingerprint density at radius 1 is 1.04 bits per heavy atom. The van der Waals surface area contributed by atoms with E-state index in [2.05, 4.69) is 15.3 Å². The van der Waals surface area contributed by atoms with Crippen LogP contribution in [0.4, 0.5) is 11.4 Å². The van der Waals surface area contributed by atoms with Gasteiger partial charge in [0.25, 0.3) is 15.7 Å². The van der Waals surface area contributed by atoms with Gasteiger partial charge in [0.15, 0.2) is 5.69 Å². The molecule has 3 rings (SSSR count).